The van der Waals surface area contributed by atoms with E-state index in [0.717, 1.165) is 10.2 Å². The second kappa shape index (κ2) is 6.33. The Morgan fingerprint density at radius 2 is 2.00 bits per heavy atom. The van der Waals surface area contributed by atoms with Gasteiger partial charge in [-0.05, 0) is 48.8 Å². The van der Waals surface area contributed by atoms with Crippen LogP contribution in [0.4, 0.5) is 0 Å². The van der Waals surface area contributed by atoms with E-state index in [4.69, 9.17) is 9.47 Å². The van der Waals surface area contributed by atoms with E-state index in [0.29, 0.717) is 19.8 Å². The lowest BCUT2D eigenvalue weighted by Crippen LogP contribution is -2.21. The summed E-state index contributed by atoms with van der Waals surface area (Å²) in [5.41, 5.74) is 0.832. The molecule has 1 rings (SSSR count). The Bertz CT molecular complexity index is 306. The summed E-state index contributed by atoms with van der Waals surface area (Å²) in [5.74, 6) is 0. The number of ether oxygens (including phenoxy) is 2. The van der Waals surface area contributed by atoms with Crippen LogP contribution in [0.3, 0.4) is 0 Å². The Balaban J connectivity index is 2.14. The van der Waals surface area contributed by atoms with E-state index in [9.17, 15) is 0 Å². The Morgan fingerprint density at radius 1 is 1.25 bits per heavy atom. The van der Waals surface area contributed by atoms with Crippen molar-refractivity contribution in [1.29, 1.82) is 0 Å². The van der Waals surface area contributed by atoms with Crippen molar-refractivity contribution < 1.29 is 9.47 Å². The van der Waals surface area contributed by atoms with Gasteiger partial charge in [0.25, 0.3) is 0 Å². The maximum Gasteiger partial charge on any atom is 0.0889 e. The minimum atomic E-state index is -0.0980. The number of hydrogen-bond donors (Lipinski definition) is 0. The molecule has 3 nitrogen and oxygen atoms in total. The van der Waals surface area contributed by atoms with Crippen LogP contribution in [-0.4, -0.2) is 23.8 Å². The highest BCUT2D eigenvalue weighted by Gasteiger charge is 2.08. The molecule has 90 valence electrons. The number of halogens is 1. The maximum absolute atomic E-state index is 5.53. The van der Waals surface area contributed by atoms with Gasteiger partial charge in [-0.2, -0.15) is 0 Å². The van der Waals surface area contributed by atoms with Crippen molar-refractivity contribution in [2.45, 2.75) is 33.0 Å². The predicted octanol–water partition coefficient (Wildman–Crippen LogP) is 3.18. The van der Waals surface area contributed by atoms with E-state index >= 15 is 0 Å². The predicted molar refractivity (Wildman–Crippen MR) is 67.3 cm³/mol. The van der Waals surface area contributed by atoms with Crippen LogP contribution in [0.5, 0.6) is 0 Å². The van der Waals surface area contributed by atoms with Crippen molar-refractivity contribution in [3.63, 3.8) is 0 Å². The minimum absolute atomic E-state index is 0.0980. The van der Waals surface area contributed by atoms with Crippen molar-refractivity contribution in [3.8, 4) is 0 Å². The summed E-state index contributed by atoms with van der Waals surface area (Å²) >= 11 is 3.34. The molecule has 1 aromatic heterocycles. The summed E-state index contributed by atoms with van der Waals surface area (Å²) in [4.78, 5) is 4.21. The van der Waals surface area contributed by atoms with E-state index in [1.807, 2.05) is 32.9 Å². The molecule has 0 spiro atoms. The molecule has 0 aliphatic carbocycles. The Labute approximate surface area is 105 Å². The van der Waals surface area contributed by atoms with Gasteiger partial charge in [-0.15, -0.1) is 0 Å². The number of rotatable bonds is 5. The van der Waals surface area contributed by atoms with Gasteiger partial charge in [-0.3, -0.25) is 4.98 Å². The van der Waals surface area contributed by atoms with Crippen LogP contribution in [0.25, 0.3) is 0 Å². The van der Waals surface area contributed by atoms with Gasteiger partial charge in [0.15, 0.2) is 0 Å². The zero-order chi connectivity index (χ0) is 12.0. The minimum Gasteiger partial charge on any atom is -0.373 e. The zero-order valence-corrected chi connectivity index (χ0v) is 11.6. The first-order chi connectivity index (χ1) is 7.47. The molecule has 0 radical (unpaired) electrons. The summed E-state index contributed by atoms with van der Waals surface area (Å²) in [6, 6.07) is 3.89. The zero-order valence-electron chi connectivity index (χ0n) is 10.00. The topological polar surface area (TPSA) is 31.4 Å². The quantitative estimate of drug-likeness (QED) is 0.780. The molecular weight excluding hydrogens is 270 g/mol. The molecule has 0 N–H and O–H groups in total. The third-order valence-corrected chi connectivity index (χ3v) is 2.27. The van der Waals surface area contributed by atoms with Gasteiger partial charge >= 0.3 is 0 Å². The van der Waals surface area contributed by atoms with E-state index < -0.39 is 0 Å². The Morgan fingerprint density at radius 3 is 2.56 bits per heavy atom. The van der Waals surface area contributed by atoms with Crippen LogP contribution in [0, 0.1) is 0 Å². The van der Waals surface area contributed by atoms with Gasteiger partial charge < -0.3 is 9.47 Å². The van der Waals surface area contributed by atoms with Gasteiger partial charge in [0.1, 0.15) is 0 Å². The monoisotopic (exact) mass is 287 g/mol. The average Bonchev–Trinajstić information content (AvgIpc) is 2.19. The number of aromatic nitrogens is 1. The van der Waals surface area contributed by atoms with Crippen molar-refractivity contribution in [2.75, 3.05) is 13.2 Å². The van der Waals surface area contributed by atoms with E-state index in [2.05, 4.69) is 20.9 Å². The molecule has 0 aliphatic rings. The van der Waals surface area contributed by atoms with Crippen molar-refractivity contribution in [1.82, 2.24) is 4.98 Å². The molecular formula is C12H18BrNO2. The second-order valence-electron chi connectivity index (χ2n) is 4.48. The summed E-state index contributed by atoms with van der Waals surface area (Å²) in [5, 5.41) is 0. The van der Waals surface area contributed by atoms with Crippen LogP contribution >= 0.6 is 15.9 Å². The molecule has 0 aliphatic heterocycles. The molecule has 0 fully saturated rings. The standard InChI is InChI=1S/C12H18BrNO2/c1-12(2,3)16-7-6-15-9-11-5-4-10(13)8-14-11/h4-5,8H,6-7,9H2,1-3H3. The molecule has 0 saturated heterocycles. The lowest BCUT2D eigenvalue weighted by atomic mass is 10.2. The van der Waals surface area contributed by atoms with Gasteiger partial charge in [0.05, 0.1) is 31.1 Å². The highest BCUT2D eigenvalue weighted by atomic mass is 79.9. The fourth-order valence-corrected chi connectivity index (χ4v) is 1.31. The van der Waals surface area contributed by atoms with Crippen molar-refractivity contribution >= 4 is 15.9 Å². The first-order valence-electron chi connectivity index (χ1n) is 5.29. The van der Waals surface area contributed by atoms with Gasteiger partial charge in [0, 0.05) is 10.7 Å². The second-order valence-corrected chi connectivity index (χ2v) is 5.40. The molecule has 0 bridgehead atoms. The van der Waals surface area contributed by atoms with Gasteiger partial charge in [-0.25, -0.2) is 0 Å². The summed E-state index contributed by atoms with van der Waals surface area (Å²) in [6.07, 6.45) is 1.77. The number of nitrogens with zero attached hydrogens (tertiary/aromatic N) is 1. The van der Waals surface area contributed by atoms with Crippen LogP contribution in [0.1, 0.15) is 26.5 Å². The van der Waals surface area contributed by atoms with Crippen LogP contribution in [0.15, 0.2) is 22.8 Å². The van der Waals surface area contributed by atoms with Crippen LogP contribution < -0.4 is 0 Å². The lowest BCUT2D eigenvalue weighted by molar-refractivity contribution is -0.0380. The van der Waals surface area contributed by atoms with Gasteiger partial charge in [-0.1, -0.05) is 0 Å². The third-order valence-electron chi connectivity index (χ3n) is 1.80. The number of pyridine rings is 1. The molecule has 0 aromatic carbocycles. The highest BCUT2D eigenvalue weighted by Crippen LogP contribution is 2.08. The van der Waals surface area contributed by atoms with E-state index in [1.54, 1.807) is 6.20 Å². The smallest absolute Gasteiger partial charge is 0.0889 e. The highest BCUT2D eigenvalue weighted by molar-refractivity contribution is 9.10. The maximum atomic E-state index is 5.53. The molecule has 4 heteroatoms. The third kappa shape index (κ3) is 6.20. The van der Waals surface area contributed by atoms with Crippen molar-refractivity contribution in [2.24, 2.45) is 0 Å². The largest absolute Gasteiger partial charge is 0.373 e. The summed E-state index contributed by atoms with van der Waals surface area (Å²) in [6.45, 7) is 7.83. The Kier molecular flexibility index (Phi) is 5.38. The van der Waals surface area contributed by atoms with Crippen molar-refractivity contribution in [3.05, 3.63) is 28.5 Å². The molecule has 16 heavy (non-hydrogen) atoms. The molecule has 0 saturated carbocycles. The summed E-state index contributed by atoms with van der Waals surface area (Å²) < 4.78 is 12.0. The van der Waals surface area contributed by atoms with Crippen LogP contribution in [0.2, 0.25) is 0 Å². The SMILES string of the molecule is CC(C)(C)OCCOCc1ccc(Br)cn1. The fourth-order valence-electron chi connectivity index (χ4n) is 1.08. The van der Waals surface area contributed by atoms with Crippen LogP contribution in [-0.2, 0) is 16.1 Å². The first-order valence-corrected chi connectivity index (χ1v) is 6.09. The molecule has 0 atom stereocenters. The molecule has 1 heterocycles. The summed E-state index contributed by atoms with van der Waals surface area (Å²) in [7, 11) is 0. The molecule has 1 aromatic rings. The normalized spacial score (nSPS) is 11.8. The Hall–Kier alpha value is -0.450. The first kappa shape index (κ1) is 13.6. The molecule has 0 unspecified atom stereocenters. The molecule has 0 amide bonds. The lowest BCUT2D eigenvalue weighted by Gasteiger charge is -2.19. The number of hydrogen-bond acceptors (Lipinski definition) is 3. The van der Waals surface area contributed by atoms with E-state index in [-0.39, 0.29) is 5.60 Å². The average molecular weight is 288 g/mol. The fraction of sp³-hybridized carbons (Fsp3) is 0.583. The van der Waals surface area contributed by atoms with Gasteiger partial charge in [0.2, 0.25) is 0 Å². The van der Waals surface area contributed by atoms with E-state index in [1.165, 1.54) is 0 Å².